The molecule has 1 aliphatic rings. The van der Waals surface area contributed by atoms with E-state index < -0.39 is 17.7 Å². The number of aliphatic hydroxyl groups excluding tert-OH is 1. The number of ketones is 1. The van der Waals surface area contributed by atoms with Crippen LogP contribution in [0.25, 0.3) is 5.76 Å². The van der Waals surface area contributed by atoms with E-state index in [1.165, 1.54) is 4.90 Å². The van der Waals surface area contributed by atoms with Gasteiger partial charge in [-0.15, -0.1) is 0 Å². The molecule has 2 aromatic carbocycles. The van der Waals surface area contributed by atoms with E-state index in [4.69, 9.17) is 9.47 Å². The van der Waals surface area contributed by atoms with Gasteiger partial charge in [0.2, 0.25) is 0 Å². The minimum absolute atomic E-state index is 0.0830. The van der Waals surface area contributed by atoms with Crippen LogP contribution in [-0.2, 0) is 16.0 Å². The molecule has 1 aliphatic heterocycles. The lowest BCUT2D eigenvalue weighted by molar-refractivity contribution is -0.140. The maximum Gasteiger partial charge on any atom is 0.295 e. The number of nitrogens with zero attached hydrogens (tertiary/aromatic N) is 2. The first kappa shape index (κ1) is 25.3. The number of hydrogen-bond acceptors (Lipinski definition) is 6. The second kappa shape index (κ2) is 11.2. The van der Waals surface area contributed by atoms with Crippen LogP contribution in [-0.4, -0.2) is 67.0 Å². The molecular formula is C27H34N2O5. The standard InChI is InChI=1S/C27H34N2O5/c1-6-18-9-11-19(12-10-18)25(30)23-24(29(16-15-28(4)5)27(32)26(23)31)20-13-14-21(33-7-2)22(17-20)34-8-3/h9-14,17,24,30H,6-8,15-16H2,1-5H3/b25-23-. The number of amides is 1. The Morgan fingerprint density at radius 3 is 2.21 bits per heavy atom. The third-order valence-corrected chi connectivity index (χ3v) is 5.85. The van der Waals surface area contributed by atoms with Gasteiger partial charge < -0.3 is 24.4 Å². The highest BCUT2D eigenvalue weighted by Gasteiger charge is 2.46. The minimum Gasteiger partial charge on any atom is -0.507 e. The molecule has 0 bridgehead atoms. The zero-order valence-corrected chi connectivity index (χ0v) is 20.6. The molecule has 0 aromatic heterocycles. The molecule has 7 nitrogen and oxygen atoms in total. The second-order valence-electron chi connectivity index (χ2n) is 8.42. The lowest BCUT2D eigenvalue weighted by Gasteiger charge is -2.27. The average molecular weight is 467 g/mol. The molecule has 0 radical (unpaired) electrons. The Bertz CT molecular complexity index is 1060. The van der Waals surface area contributed by atoms with Gasteiger partial charge in [-0.1, -0.05) is 37.3 Å². The van der Waals surface area contributed by atoms with Crippen LogP contribution < -0.4 is 9.47 Å². The molecule has 0 spiro atoms. The first-order chi connectivity index (χ1) is 16.3. The zero-order valence-electron chi connectivity index (χ0n) is 20.6. The van der Waals surface area contributed by atoms with Crippen molar-refractivity contribution in [3.8, 4) is 11.5 Å². The summed E-state index contributed by atoms with van der Waals surface area (Å²) in [6.45, 7) is 7.65. The Hall–Kier alpha value is -3.32. The fourth-order valence-electron chi connectivity index (χ4n) is 4.06. The molecule has 1 unspecified atom stereocenters. The third kappa shape index (κ3) is 5.25. The summed E-state index contributed by atoms with van der Waals surface area (Å²) in [7, 11) is 3.82. The van der Waals surface area contributed by atoms with E-state index in [9.17, 15) is 14.7 Å². The number of likely N-dealkylation sites (N-methyl/N-ethyl adjacent to an activating group) is 1. The normalized spacial score (nSPS) is 17.5. The highest BCUT2D eigenvalue weighted by atomic mass is 16.5. The van der Waals surface area contributed by atoms with Gasteiger partial charge in [-0.2, -0.15) is 0 Å². The van der Waals surface area contributed by atoms with Gasteiger partial charge in [0.05, 0.1) is 24.8 Å². The Morgan fingerprint density at radius 1 is 0.971 bits per heavy atom. The quantitative estimate of drug-likeness (QED) is 0.324. The van der Waals surface area contributed by atoms with Crippen molar-refractivity contribution in [3.05, 3.63) is 64.7 Å². The Balaban J connectivity index is 2.16. The van der Waals surface area contributed by atoms with Gasteiger partial charge >= 0.3 is 0 Å². The molecule has 2 aromatic rings. The molecule has 34 heavy (non-hydrogen) atoms. The number of carbonyl (C=O) groups excluding carboxylic acids is 2. The molecular weight excluding hydrogens is 432 g/mol. The number of ether oxygens (including phenoxy) is 2. The van der Waals surface area contributed by atoms with Crippen LogP contribution in [0.3, 0.4) is 0 Å². The van der Waals surface area contributed by atoms with Crippen LogP contribution in [0.2, 0.25) is 0 Å². The lowest BCUT2D eigenvalue weighted by Crippen LogP contribution is -2.35. The number of aliphatic hydroxyl groups is 1. The van der Waals surface area contributed by atoms with E-state index in [0.717, 1.165) is 12.0 Å². The van der Waals surface area contributed by atoms with Crippen LogP contribution in [0, 0.1) is 0 Å². The number of carbonyl (C=O) groups is 2. The zero-order chi connectivity index (χ0) is 24.8. The fraction of sp³-hybridized carbons (Fsp3) is 0.407. The van der Waals surface area contributed by atoms with E-state index in [1.54, 1.807) is 24.3 Å². The summed E-state index contributed by atoms with van der Waals surface area (Å²) in [6.07, 6.45) is 0.863. The van der Waals surface area contributed by atoms with Crippen LogP contribution in [0.4, 0.5) is 0 Å². The van der Waals surface area contributed by atoms with Gasteiger partial charge in [0, 0.05) is 18.7 Å². The molecule has 0 saturated carbocycles. The van der Waals surface area contributed by atoms with Gasteiger partial charge in [0.1, 0.15) is 5.76 Å². The first-order valence-corrected chi connectivity index (χ1v) is 11.7. The summed E-state index contributed by atoms with van der Waals surface area (Å²) in [5, 5.41) is 11.2. The van der Waals surface area contributed by atoms with Crippen LogP contribution in [0.1, 0.15) is 43.5 Å². The van der Waals surface area contributed by atoms with Crippen molar-refractivity contribution in [2.24, 2.45) is 0 Å². The van der Waals surface area contributed by atoms with Crippen molar-refractivity contribution >= 4 is 17.4 Å². The SMILES string of the molecule is CCOc1ccc(C2/C(=C(/O)c3ccc(CC)cc3)C(=O)C(=O)N2CCN(C)C)cc1OCC. The number of likely N-dealkylation sites (tertiary alicyclic amines) is 1. The van der Waals surface area contributed by atoms with E-state index in [0.29, 0.717) is 48.9 Å². The van der Waals surface area contributed by atoms with Crippen LogP contribution >= 0.6 is 0 Å². The Morgan fingerprint density at radius 2 is 1.62 bits per heavy atom. The molecule has 1 saturated heterocycles. The molecule has 0 aliphatic carbocycles. The molecule has 1 atom stereocenters. The van der Waals surface area contributed by atoms with Crippen molar-refractivity contribution in [3.63, 3.8) is 0 Å². The predicted molar refractivity (Wildman–Crippen MR) is 132 cm³/mol. The summed E-state index contributed by atoms with van der Waals surface area (Å²) in [5.74, 6) is -0.357. The summed E-state index contributed by atoms with van der Waals surface area (Å²) >= 11 is 0. The van der Waals surface area contributed by atoms with Gasteiger partial charge in [-0.25, -0.2) is 0 Å². The number of benzene rings is 2. The molecule has 1 amide bonds. The Labute approximate surface area is 201 Å². The van der Waals surface area contributed by atoms with E-state index >= 15 is 0 Å². The number of aryl methyl sites for hydroxylation is 1. The van der Waals surface area contributed by atoms with Crippen molar-refractivity contribution in [1.29, 1.82) is 0 Å². The molecule has 1 N–H and O–H groups in total. The van der Waals surface area contributed by atoms with Gasteiger partial charge in [0.25, 0.3) is 11.7 Å². The maximum atomic E-state index is 13.2. The summed E-state index contributed by atoms with van der Waals surface area (Å²) in [6, 6.07) is 12.0. The molecule has 182 valence electrons. The smallest absolute Gasteiger partial charge is 0.295 e. The van der Waals surface area contributed by atoms with Crippen molar-refractivity contribution in [2.45, 2.75) is 33.2 Å². The number of hydrogen-bond donors (Lipinski definition) is 1. The molecule has 1 heterocycles. The van der Waals surface area contributed by atoms with Crippen molar-refractivity contribution < 1.29 is 24.2 Å². The number of Topliss-reactive ketones (excluding diaryl/α,β-unsaturated/α-hetero) is 1. The predicted octanol–water partition coefficient (Wildman–Crippen LogP) is 4.03. The molecule has 7 heteroatoms. The summed E-state index contributed by atoms with van der Waals surface area (Å²) < 4.78 is 11.5. The second-order valence-corrected chi connectivity index (χ2v) is 8.42. The van der Waals surface area contributed by atoms with Gasteiger partial charge in [-0.3, -0.25) is 9.59 Å². The number of rotatable bonds is 10. The first-order valence-electron chi connectivity index (χ1n) is 11.7. The molecule has 3 rings (SSSR count). The van der Waals surface area contributed by atoms with E-state index in [1.807, 2.05) is 58.0 Å². The highest BCUT2D eigenvalue weighted by molar-refractivity contribution is 6.46. The van der Waals surface area contributed by atoms with E-state index in [-0.39, 0.29) is 11.3 Å². The molecule has 1 fully saturated rings. The van der Waals surface area contributed by atoms with Gasteiger partial charge in [-0.05, 0) is 57.6 Å². The monoisotopic (exact) mass is 466 g/mol. The van der Waals surface area contributed by atoms with E-state index in [2.05, 4.69) is 0 Å². The minimum atomic E-state index is -0.735. The van der Waals surface area contributed by atoms with Crippen LogP contribution in [0.5, 0.6) is 11.5 Å². The van der Waals surface area contributed by atoms with Crippen molar-refractivity contribution in [2.75, 3.05) is 40.4 Å². The summed E-state index contributed by atoms with van der Waals surface area (Å²) in [5.41, 5.74) is 2.38. The van der Waals surface area contributed by atoms with Gasteiger partial charge in [0.15, 0.2) is 11.5 Å². The van der Waals surface area contributed by atoms with Crippen molar-refractivity contribution in [1.82, 2.24) is 9.80 Å². The third-order valence-electron chi connectivity index (χ3n) is 5.85. The summed E-state index contributed by atoms with van der Waals surface area (Å²) in [4.78, 5) is 29.7. The lowest BCUT2D eigenvalue weighted by atomic mass is 9.94. The maximum absolute atomic E-state index is 13.2. The average Bonchev–Trinajstić information content (AvgIpc) is 3.08. The highest BCUT2D eigenvalue weighted by Crippen LogP contribution is 2.42. The van der Waals surface area contributed by atoms with Crippen LogP contribution in [0.15, 0.2) is 48.0 Å². The fourth-order valence-corrected chi connectivity index (χ4v) is 4.06. The Kier molecular flexibility index (Phi) is 8.34. The largest absolute Gasteiger partial charge is 0.507 e. The topological polar surface area (TPSA) is 79.3 Å².